The number of morpholine rings is 1. The molecule has 0 saturated carbocycles. The Morgan fingerprint density at radius 2 is 2.38 bits per heavy atom. The zero-order chi connectivity index (χ0) is 15.2. The van der Waals surface area contributed by atoms with Crippen LogP contribution in [0, 0.1) is 0 Å². The van der Waals surface area contributed by atoms with Gasteiger partial charge in [0, 0.05) is 38.1 Å². The maximum Gasteiger partial charge on any atom is 0.216 e. The Balaban J connectivity index is 1.85. The highest BCUT2D eigenvalue weighted by molar-refractivity contribution is 6.30. The molecule has 2 atom stereocenters. The summed E-state index contributed by atoms with van der Waals surface area (Å²) in [6.07, 6.45) is 0.0780. The van der Waals surface area contributed by atoms with Crippen molar-refractivity contribution in [2.24, 2.45) is 0 Å². The van der Waals surface area contributed by atoms with Gasteiger partial charge in [-0.15, -0.1) is 0 Å². The minimum Gasteiger partial charge on any atom is -0.374 e. The molecule has 1 fully saturated rings. The molecule has 21 heavy (non-hydrogen) atoms. The fraction of sp³-hybridized carbons (Fsp3) is 0.562. The van der Waals surface area contributed by atoms with E-state index in [2.05, 4.69) is 23.2 Å². The molecule has 0 radical (unpaired) electrons. The van der Waals surface area contributed by atoms with Crippen LogP contribution >= 0.6 is 11.6 Å². The van der Waals surface area contributed by atoms with Crippen LogP contribution in [-0.2, 0) is 9.53 Å². The molecule has 0 bridgehead atoms. The summed E-state index contributed by atoms with van der Waals surface area (Å²) in [5.41, 5.74) is 1.26. The summed E-state index contributed by atoms with van der Waals surface area (Å²) < 4.78 is 5.69. The van der Waals surface area contributed by atoms with Crippen molar-refractivity contribution in [1.82, 2.24) is 10.2 Å². The number of ether oxygens (including phenoxy) is 1. The van der Waals surface area contributed by atoms with Crippen molar-refractivity contribution in [2.75, 3.05) is 32.8 Å². The summed E-state index contributed by atoms with van der Waals surface area (Å²) in [6, 6.07) is 8.04. The lowest BCUT2D eigenvalue weighted by Gasteiger charge is -2.34. The molecule has 0 spiro atoms. The highest BCUT2D eigenvalue weighted by atomic mass is 35.5. The van der Waals surface area contributed by atoms with Gasteiger partial charge < -0.3 is 10.1 Å². The normalized spacial score (nSPS) is 21.0. The van der Waals surface area contributed by atoms with E-state index in [1.807, 2.05) is 18.2 Å². The first kappa shape index (κ1) is 16.3. The Morgan fingerprint density at radius 1 is 1.57 bits per heavy atom. The standard InChI is InChI=1S/C16H23ClN2O2/c1-12(14-4-3-5-15(17)8-14)10-19-6-7-21-16(11-19)9-18-13(2)20/h3-5,8,12,16H,6-7,9-11H2,1-2H3,(H,18,20). The third-order valence-corrected chi connectivity index (χ3v) is 3.99. The molecule has 2 rings (SSSR count). The largest absolute Gasteiger partial charge is 0.374 e. The van der Waals surface area contributed by atoms with E-state index in [1.54, 1.807) is 0 Å². The van der Waals surface area contributed by atoms with Gasteiger partial charge in [-0.2, -0.15) is 0 Å². The van der Waals surface area contributed by atoms with E-state index in [4.69, 9.17) is 16.3 Å². The van der Waals surface area contributed by atoms with Crippen molar-refractivity contribution >= 4 is 17.5 Å². The van der Waals surface area contributed by atoms with Crippen molar-refractivity contribution in [1.29, 1.82) is 0 Å². The topological polar surface area (TPSA) is 41.6 Å². The van der Waals surface area contributed by atoms with Crippen LogP contribution in [0.5, 0.6) is 0 Å². The van der Waals surface area contributed by atoms with E-state index >= 15 is 0 Å². The van der Waals surface area contributed by atoms with Crippen LogP contribution < -0.4 is 5.32 Å². The minimum absolute atomic E-state index is 0.0111. The van der Waals surface area contributed by atoms with Gasteiger partial charge in [0.25, 0.3) is 0 Å². The van der Waals surface area contributed by atoms with Crippen LogP contribution in [0.2, 0.25) is 5.02 Å². The van der Waals surface area contributed by atoms with E-state index < -0.39 is 0 Å². The van der Waals surface area contributed by atoms with E-state index in [9.17, 15) is 4.79 Å². The van der Waals surface area contributed by atoms with Crippen LogP contribution in [-0.4, -0.2) is 49.7 Å². The monoisotopic (exact) mass is 310 g/mol. The zero-order valence-corrected chi connectivity index (χ0v) is 13.4. The SMILES string of the molecule is CC(=O)NCC1CN(CC(C)c2cccc(Cl)c2)CCO1. The summed E-state index contributed by atoms with van der Waals surface area (Å²) in [7, 11) is 0. The van der Waals surface area contributed by atoms with E-state index in [0.29, 0.717) is 19.1 Å². The Morgan fingerprint density at radius 3 is 3.10 bits per heavy atom. The molecule has 0 aromatic heterocycles. The van der Waals surface area contributed by atoms with Gasteiger partial charge in [-0.1, -0.05) is 30.7 Å². The number of halogens is 1. The van der Waals surface area contributed by atoms with E-state index in [0.717, 1.165) is 24.7 Å². The van der Waals surface area contributed by atoms with Gasteiger partial charge in [-0.3, -0.25) is 9.69 Å². The molecule has 1 heterocycles. The number of nitrogens with one attached hydrogen (secondary N) is 1. The summed E-state index contributed by atoms with van der Waals surface area (Å²) in [6.45, 7) is 7.79. The molecular formula is C16H23ClN2O2. The number of benzene rings is 1. The highest BCUT2D eigenvalue weighted by Crippen LogP contribution is 2.21. The van der Waals surface area contributed by atoms with Crippen LogP contribution in [0.25, 0.3) is 0 Å². The van der Waals surface area contributed by atoms with Gasteiger partial charge in [0.1, 0.15) is 0 Å². The predicted octanol–water partition coefficient (Wildman–Crippen LogP) is 2.28. The van der Waals surface area contributed by atoms with Gasteiger partial charge in [0.05, 0.1) is 12.7 Å². The first-order valence-electron chi connectivity index (χ1n) is 7.38. The fourth-order valence-corrected chi connectivity index (χ4v) is 2.83. The highest BCUT2D eigenvalue weighted by Gasteiger charge is 2.22. The summed E-state index contributed by atoms with van der Waals surface area (Å²) >= 11 is 6.05. The van der Waals surface area contributed by atoms with Crippen molar-refractivity contribution in [2.45, 2.75) is 25.9 Å². The molecule has 1 N–H and O–H groups in total. The Labute approximate surface area is 131 Å². The Kier molecular flexibility index (Phi) is 6.03. The molecule has 1 amide bonds. The second-order valence-corrected chi connectivity index (χ2v) is 6.08. The van der Waals surface area contributed by atoms with Gasteiger partial charge in [-0.25, -0.2) is 0 Å². The molecular weight excluding hydrogens is 288 g/mol. The number of carbonyl (C=O) groups excluding carboxylic acids is 1. The lowest BCUT2D eigenvalue weighted by Crippen LogP contribution is -2.48. The number of amides is 1. The molecule has 5 heteroatoms. The average molecular weight is 311 g/mol. The molecule has 1 aliphatic heterocycles. The number of hydrogen-bond donors (Lipinski definition) is 1. The van der Waals surface area contributed by atoms with E-state index in [-0.39, 0.29) is 12.0 Å². The number of nitrogens with zero attached hydrogens (tertiary/aromatic N) is 1. The third-order valence-electron chi connectivity index (χ3n) is 3.75. The molecule has 1 aliphatic rings. The van der Waals surface area contributed by atoms with Gasteiger partial charge in [0.15, 0.2) is 0 Å². The van der Waals surface area contributed by atoms with Crippen LogP contribution in [0.4, 0.5) is 0 Å². The maximum absolute atomic E-state index is 11.0. The summed E-state index contributed by atoms with van der Waals surface area (Å²) in [4.78, 5) is 13.4. The van der Waals surface area contributed by atoms with Crippen LogP contribution in [0.1, 0.15) is 25.3 Å². The second kappa shape index (κ2) is 7.78. The smallest absolute Gasteiger partial charge is 0.216 e. The lowest BCUT2D eigenvalue weighted by molar-refractivity contribution is -0.120. The molecule has 4 nitrogen and oxygen atoms in total. The first-order chi connectivity index (χ1) is 10.0. The third kappa shape index (κ3) is 5.30. The number of hydrogen-bond acceptors (Lipinski definition) is 3. The van der Waals surface area contributed by atoms with Crippen molar-refractivity contribution in [3.05, 3.63) is 34.9 Å². The van der Waals surface area contributed by atoms with Gasteiger partial charge >= 0.3 is 0 Å². The van der Waals surface area contributed by atoms with Crippen molar-refractivity contribution in [3.63, 3.8) is 0 Å². The number of rotatable bonds is 5. The van der Waals surface area contributed by atoms with E-state index in [1.165, 1.54) is 12.5 Å². The summed E-state index contributed by atoms with van der Waals surface area (Å²) in [5.74, 6) is 0.409. The molecule has 1 aromatic carbocycles. The average Bonchev–Trinajstić information content (AvgIpc) is 2.45. The lowest BCUT2D eigenvalue weighted by atomic mass is 10.0. The molecule has 116 valence electrons. The fourth-order valence-electron chi connectivity index (χ4n) is 2.63. The zero-order valence-electron chi connectivity index (χ0n) is 12.6. The maximum atomic E-state index is 11.0. The molecule has 2 unspecified atom stereocenters. The Hall–Kier alpha value is -1.10. The minimum atomic E-state index is -0.0111. The number of carbonyl (C=O) groups is 1. The summed E-state index contributed by atoms with van der Waals surface area (Å²) in [5, 5.41) is 3.60. The Bertz CT molecular complexity index is 481. The predicted molar refractivity (Wildman–Crippen MR) is 84.7 cm³/mol. The van der Waals surface area contributed by atoms with Gasteiger partial charge in [0.2, 0.25) is 5.91 Å². The second-order valence-electron chi connectivity index (χ2n) is 5.65. The molecule has 1 aromatic rings. The van der Waals surface area contributed by atoms with Crippen molar-refractivity contribution in [3.8, 4) is 0 Å². The van der Waals surface area contributed by atoms with Crippen LogP contribution in [0.3, 0.4) is 0 Å². The quantitative estimate of drug-likeness (QED) is 0.907. The van der Waals surface area contributed by atoms with Gasteiger partial charge in [-0.05, 0) is 23.6 Å². The first-order valence-corrected chi connectivity index (χ1v) is 7.76. The van der Waals surface area contributed by atoms with Crippen molar-refractivity contribution < 1.29 is 9.53 Å². The molecule has 1 saturated heterocycles. The molecule has 0 aliphatic carbocycles. The van der Waals surface area contributed by atoms with Crippen LogP contribution in [0.15, 0.2) is 24.3 Å².